The first-order chi connectivity index (χ1) is 19.2. The molecule has 5 unspecified atom stereocenters. The maximum Gasteiger partial charge on any atom is 0.307 e. The first kappa shape index (κ1) is 26.6. The summed E-state index contributed by atoms with van der Waals surface area (Å²) < 4.78 is 6.10. The van der Waals surface area contributed by atoms with Crippen LogP contribution >= 0.6 is 0 Å². The van der Waals surface area contributed by atoms with Gasteiger partial charge in [-0.05, 0) is 86.4 Å². The van der Waals surface area contributed by atoms with Gasteiger partial charge in [0.2, 0.25) is 0 Å². The number of carboxylic acid groups (broad SMARTS) is 1. The summed E-state index contributed by atoms with van der Waals surface area (Å²) in [5.41, 5.74) is 2.63. The number of carbonyl (C=O) groups is 1. The van der Waals surface area contributed by atoms with Crippen LogP contribution in [0.3, 0.4) is 0 Å². The first-order valence-electron chi connectivity index (χ1n) is 15.4. The Morgan fingerprint density at radius 1 is 0.872 bits per heavy atom. The van der Waals surface area contributed by atoms with Crippen LogP contribution in [0, 0.1) is 29.6 Å². The Labute approximate surface area is 233 Å². The molecular formula is C34H44N2O3. The quantitative estimate of drug-likeness (QED) is 0.402. The fourth-order valence-corrected chi connectivity index (χ4v) is 8.21. The van der Waals surface area contributed by atoms with Gasteiger partial charge in [-0.15, -0.1) is 0 Å². The number of benzene rings is 2. The Morgan fingerprint density at radius 2 is 1.54 bits per heavy atom. The van der Waals surface area contributed by atoms with Crippen LogP contribution in [-0.2, 0) is 9.53 Å². The summed E-state index contributed by atoms with van der Waals surface area (Å²) >= 11 is 0. The van der Waals surface area contributed by atoms with Crippen LogP contribution in [0.1, 0.15) is 80.9 Å². The van der Waals surface area contributed by atoms with Gasteiger partial charge in [-0.25, -0.2) is 4.99 Å². The predicted molar refractivity (Wildman–Crippen MR) is 155 cm³/mol. The molecule has 2 aliphatic carbocycles. The number of hydrogen-bond donors (Lipinski definition) is 1. The Balaban J connectivity index is 1.10. The average molecular weight is 529 g/mol. The van der Waals surface area contributed by atoms with E-state index in [-0.39, 0.29) is 17.9 Å². The molecule has 2 saturated carbocycles. The van der Waals surface area contributed by atoms with Crippen LogP contribution in [0.2, 0.25) is 0 Å². The van der Waals surface area contributed by atoms with Gasteiger partial charge in [0, 0.05) is 12.5 Å². The molecule has 0 spiro atoms. The highest BCUT2D eigenvalue weighted by Crippen LogP contribution is 2.50. The fraction of sp³-hybridized carbons (Fsp3) is 0.588. The fourth-order valence-electron chi connectivity index (χ4n) is 8.21. The summed E-state index contributed by atoms with van der Waals surface area (Å²) in [6.07, 6.45) is 10.1. The molecule has 0 amide bonds. The van der Waals surface area contributed by atoms with E-state index in [0.29, 0.717) is 30.3 Å². The van der Waals surface area contributed by atoms with E-state index in [1.165, 1.54) is 30.4 Å². The predicted octanol–water partition coefficient (Wildman–Crippen LogP) is 6.96. The van der Waals surface area contributed by atoms with Gasteiger partial charge >= 0.3 is 5.97 Å². The number of aliphatic imine (C=N–C) groups is 1. The van der Waals surface area contributed by atoms with Crippen LogP contribution < -0.4 is 0 Å². The maximum absolute atomic E-state index is 12.6. The van der Waals surface area contributed by atoms with Crippen molar-refractivity contribution in [2.45, 2.75) is 69.7 Å². The molecule has 2 aliphatic heterocycles. The minimum absolute atomic E-state index is 0.132. The van der Waals surface area contributed by atoms with Gasteiger partial charge in [0.05, 0.1) is 5.92 Å². The molecule has 4 aliphatic rings. The van der Waals surface area contributed by atoms with E-state index >= 15 is 0 Å². The number of piperidine rings is 1. The summed E-state index contributed by atoms with van der Waals surface area (Å²) in [5.74, 6) is 2.26. The highest BCUT2D eigenvalue weighted by atomic mass is 16.5. The third-order valence-corrected chi connectivity index (χ3v) is 10.2. The van der Waals surface area contributed by atoms with E-state index in [4.69, 9.17) is 9.73 Å². The molecular weight excluding hydrogens is 484 g/mol. The lowest BCUT2D eigenvalue weighted by molar-refractivity contribution is -0.146. The van der Waals surface area contributed by atoms with Crippen molar-refractivity contribution in [1.82, 2.24) is 4.90 Å². The number of rotatable bonds is 8. The lowest BCUT2D eigenvalue weighted by atomic mass is 9.73. The Kier molecular flexibility index (Phi) is 8.34. The maximum atomic E-state index is 12.6. The van der Waals surface area contributed by atoms with Crippen molar-refractivity contribution in [3.8, 4) is 0 Å². The van der Waals surface area contributed by atoms with E-state index in [2.05, 4.69) is 59.5 Å². The second-order valence-electron chi connectivity index (χ2n) is 12.6. The van der Waals surface area contributed by atoms with E-state index < -0.39 is 5.97 Å². The second-order valence-corrected chi connectivity index (χ2v) is 12.6. The summed E-state index contributed by atoms with van der Waals surface area (Å²) in [6.45, 7) is 3.86. The van der Waals surface area contributed by atoms with Gasteiger partial charge in [0.15, 0.2) is 5.90 Å². The first-order valence-corrected chi connectivity index (χ1v) is 15.4. The monoisotopic (exact) mass is 528 g/mol. The van der Waals surface area contributed by atoms with Crippen LogP contribution in [-0.4, -0.2) is 48.1 Å². The number of likely N-dealkylation sites (tertiary alicyclic amines) is 1. The highest BCUT2D eigenvalue weighted by molar-refractivity contribution is 5.80. The molecule has 5 heteroatoms. The average Bonchev–Trinajstić information content (AvgIpc) is 3.63. The minimum atomic E-state index is -0.550. The largest absolute Gasteiger partial charge is 0.481 e. The van der Waals surface area contributed by atoms with Crippen molar-refractivity contribution in [2.24, 2.45) is 34.6 Å². The Bertz CT molecular complexity index is 1110. The minimum Gasteiger partial charge on any atom is -0.481 e. The molecule has 0 radical (unpaired) electrons. The molecule has 39 heavy (non-hydrogen) atoms. The summed E-state index contributed by atoms with van der Waals surface area (Å²) in [7, 11) is 0. The van der Waals surface area contributed by atoms with Crippen molar-refractivity contribution < 1.29 is 14.6 Å². The molecule has 3 fully saturated rings. The normalized spacial score (nSPS) is 29.6. The Hall–Kier alpha value is -2.66. The van der Waals surface area contributed by atoms with Gasteiger partial charge in [-0.1, -0.05) is 79.9 Å². The van der Waals surface area contributed by atoms with Gasteiger partial charge < -0.3 is 14.7 Å². The molecule has 0 aromatic heterocycles. The van der Waals surface area contributed by atoms with E-state index in [1.807, 2.05) is 6.07 Å². The number of hydrogen-bond acceptors (Lipinski definition) is 4. The summed E-state index contributed by atoms with van der Waals surface area (Å²) in [5, 5.41) is 10.3. The third-order valence-electron chi connectivity index (χ3n) is 10.2. The van der Waals surface area contributed by atoms with Gasteiger partial charge in [0.25, 0.3) is 0 Å². The molecule has 5 atom stereocenters. The van der Waals surface area contributed by atoms with E-state index in [9.17, 15) is 9.90 Å². The van der Waals surface area contributed by atoms with Crippen molar-refractivity contribution in [3.63, 3.8) is 0 Å². The van der Waals surface area contributed by atoms with Crippen LogP contribution in [0.25, 0.3) is 0 Å². The summed E-state index contributed by atoms with van der Waals surface area (Å²) in [4.78, 5) is 20.2. The lowest BCUT2D eigenvalue weighted by Gasteiger charge is -2.34. The third kappa shape index (κ3) is 6.09. The van der Waals surface area contributed by atoms with Crippen molar-refractivity contribution >= 4 is 11.9 Å². The molecule has 0 bridgehead atoms. The number of ether oxygens (including phenoxy) is 1. The molecule has 5 nitrogen and oxygen atoms in total. The highest BCUT2D eigenvalue weighted by Gasteiger charge is 2.45. The lowest BCUT2D eigenvalue weighted by Crippen LogP contribution is -2.39. The molecule has 208 valence electrons. The van der Waals surface area contributed by atoms with Crippen molar-refractivity contribution in [1.29, 1.82) is 0 Å². The van der Waals surface area contributed by atoms with E-state index in [1.54, 1.807) is 0 Å². The van der Waals surface area contributed by atoms with Gasteiger partial charge in [-0.3, -0.25) is 4.79 Å². The molecule has 2 heterocycles. The SMILES string of the molecule is O=C(O)C(C1CCCCC1)C1CC(CN2CCC(C3=NC(c4ccccc4)CO3)CC2)C(c2ccccc2)C1. The van der Waals surface area contributed by atoms with Crippen LogP contribution in [0.4, 0.5) is 0 Å². The topological polar surface area (TPSA) is 62.1 Å². The number of carboxylic acids is 1. The summed E-state index contributed by atoms with van der Waals surface area (Å²) in [6, 6.07) is 21.5. The van der Waals surface area contributed by atoms with Crippen molar-refractivity contribution in [3.05, 3.63) is 71.8 Å². The molecule has 1 saturated heterocycles. The van der Waals surface area contributed by atoms with Crippen LogP contribution in [0.15, 0.2) is 65.7 Å². The number of aliphatic carboxylic acids is 1. The molecule has 1 N–H and O–H groups in total. The smallest absolute Gasteiger partial charge is 0.307 e. The zero-order valence-corrected chi connectivity index (χ0v) is 23.2. The number of nitrogens with zero attached hydrogens (tertiary/aromatic N) is 2. The zero-order valence-electron chi connectivity index (χ0n) is 23.2. The van der Waals surface area contributed by atoms with Gasteiger partial charge in [-0.2, -0.15) is 0 Å². The Morgan fingerprint density at radius 3 is 2.21 bits per heavy atom. The molecule has 2 aromatic rings. The standard InChI is InChI=1S/C34H44N2O3/c37-34(38)32(26-14-8-3-9-15-26)28-20-29(30(21-28)24-10-4-1-5-11-24)22-36-18-16-27(17-19-36)33-35-31(23-39-33)25-12-6-2-7-13-25/h1-2,4-7,10-13,26-32H,3,8-9,14-23H2,(H,37,38). The zero-order chi connectivity index (χ0) is 26.6. The second kappa shape index (κ2) is 12.2. The van der Waals surface area contributed by atoms with Gasteiger partial charge in [0.1, 0.15) is 12.6 Å². The molecule has 2 aromatic carbocycles. The van der Waals surface area contributed by atoms with Crippen molar-refractivity contribution in [2.75, 3.05) is 26.2 Å². The van der Waals surface area contributed by atoms with Crippen LogP contribution in [0.5, 0.6) is 0 Å². The molecule has 6 rings (SSSR count). The van der Waals surface area contributed by atoms with E-state index in [0.717, 1.165) is 64.1 Å².